The van der Waals surface area contributed by atoms with Gasteiger partial charge in [0.15, 0.2) is 0 Å². The summed E-state index contributed by atoms with van der Waals surface area (Å²) in [6, 6.07) is -1.75. The van der Waals surface area contributed by atoms with Gasteiger partial charge in [-0.05, 0) is 6.42 Å². The highest BCUT2D eigenvalue weighted by Crippen LogP contribution is 2.10. The Labute approximate surface area is 156 Å². The second-order valence-electron chi connectivity index (χ2n) is 4.65. The lowest BCUT2D eigenvalue weighted by molar-refractivity contribution is -0.152. The van der Waals surface area contributed by atoms with Crippen molar-refractivity contribution in [3.63, 3.8) is 0 Å². The molecule has 0 unspecified atom stereocenters. The van der Waals surface area contributed by atoms with Crippen molar-refractivity contribution in [2.24, 2.45) is 17.2 Å². The quantitative estimate of drug-likeness (QED) is 0.153. The predicted octanol–water partition coefficient (Wildman–Crippen LogP) is -1.96. The molecule has 0 aromatic rings. The van der Waals surface area contributed by atoms with Crippen LogP contribution in [0.4, 0.5) is 0 Å². The van der Waals surface area contributed by atoms with Crippen LogP contribution in [0.5, 0.6) is 0 Å². The molecule has 0 aromatic carbocycles. The minimum atomic E-state index is -1.00. The number of aliphatic carboxylic acids is 1. The van der Waals surface area contributed by atoms with Gasteiger partial charge in [0.1, 0.15) is 18.2 Å². The number of amides is 1. The summed E-state index contributed by atoms with van der Waals surface area (Å²) in [5, 5.41) is 16.6. The van der Waals surface area contributed by atoms with E-state index in [0.717, 1.165) is 0 Å². The maximum atomic E-state index is 11.5. The molecule has 0 fully saturated rings. The van der Waals surface area contributed by atoms with E-state index >= 15 is 0 Å². The lowest BCUT2D eigenvalue weighted by atomic mass is 10.1. The first kappa shape index (κ1) is 25.6. The molecule has 12 heteroatoms. The Bertz CT molecular complexity index is 402. The Hall–Kier alpha value is -0.660. The van der Waals surface area contributed by atoms with Crippen molar-refractivity contribution >= 4 is 55.7 Å². The van der Waals surface area contributed by atoms with Crippen LogP contribution >= 0.6 is 37.9 Å². The molecular weight excluding hydrogens is 378 g/mol. The molecule has 24 heavy (non-hydrogen) atoms. The molecule has 0 aromatic heterocycles. The normalized spacial score (nSPS) is 15.2. The Morgan fingerprint density at radius 3 is 1.92 bits per heavy atom. The van der Waals surface area contributed by atoms with Crippen LogP contribution in [0.1, 0.15) is 12.8 Å². The first-order valence-electron chi connectivity index (χ1n) is 6.84. The van der Waals surface area contributed by atoms with Gasteiger partial charge in [-0.2, -0.15) is 37.9 Å². The van der Waals surface area contributed by atoms with E-state index in [0.29, 0.717) is 5.75 Å². The zero-order valence-corrected chi connectivity index (χ0v) is 15.6. The van der Waals surface area contributed by atoms with E-state index in [1.165, 1.54) is 0 Å². The topological polar surface area (TPSA) is 179 Å². The standard InChI is InChI=1S/C9H18N2O4S2.C3H7NO2S/c10-5(1-2-8(11)13)9(14)15-6(3-12)7(17)4-16;4-2(1-7)3(5)6/h5-7,12,16-17H,1-4,10H2,(H2,11,13);2,7H,1,4H2,(H,5,6)/t5-,6+,7+;2-/m00/s1. The third-order valence-corrected chi connectivity index (χ3v) is 4.17. The maximum Gasteiger partial charge on any atom is 0.323 e. The minimum Gasteiger partial charge on any atom is -0.480 e. The van der Waals surface area contributed by atoms with Gasteiger partial charge in [-0.3, -0.25) is 14.4 Å². The molecule has 0 bridgehead atoms. The molecule has 0 saturated heterocycles. The van der Waals surface area contributed by atoms with Gasteiger partial charge in [0.05, 0.1) is 6.61 Å². The Morgan fingerprint density at radius 2 is 1.62 bits per heavy atom. The number of hydrogen-bond acceptors (Lipinski definition) is 10. The van der Waals surface area contributed by atoms with Crippen LogP contribution in [0.15, 0.2) is 0 Å². The van der Waals surface area contributed by atoms with Gasteiger partial charge in [0.2, 0.25) is 5.91 Å². The van der Waals surface area contributed by atoms with Crippen molar-refractivity contribution in [1.82, 2.24) is 0 Å². The molecule has 0 spiro atoms. The van der Waals surface area contributed by atoms with Gasteiger partial charge in [-0.25, -0.2) is 0 Å². The third-order valence-electron chi connectivity index (χ3n) is 2.58. The molecule has 0 radical (unpaired) electrons. The van der Waals surface area contributed by atoms with E-state index in [9.17, 15) is 14.4 Å². The number of carboxylic acid groups (broad SMARTS) is 1. The highest BCUT2D eigenvalue weighted by atomic mass is 32.1. The van der Waals surface area contributed by atoms with E-state index in [1.807, 2.05) is 0 Å². The summed E-state index contributed by atoms with van der Waals surface area (Å²) in [6.45, 7) is -0.358. The molecule has 0 aliphatic carbocycles. The van der Waals surface area contributed by atoms with Gasteiger partial charge in [0.25, 0.3) is 0 Å². The maximum absolute atomic E-state index is 11.5. The van der Waals surface area contributed by atoms with E-state index in [1.54, 1.807) is 0 Å². The second kappa shape index (κ2) is 14.7. The highest BCUT2D eigenvalue weighted by molar-refractivity contribution is 7.84. The van der Waals surface area contributed by atoms with Crippen LogP contribution in [0, 0.1) is 0 Å². The fourth-order valence-corrected chi connectivity index (χ4v) is 1.63. The molecule has 0 rings (SSSR count). The van der Waals surface area contributed by atoms with Gasteiger partial charge >= 0.3 is 11.9 Å². The summed E-state index contributed by atoms with van der Waals surface area (Å²) in [5.74, 6) is -1.69. The molecule has 0 heterocycles. The number of carbonyl (C=O) groups is 3. The van der Waals surface area contributed by atoms with Crippen molar-refractivity contribution in [2.45, 2.75) is 36.3 Å². The summed E-state index contributed by atoms with van der Waals surface area (Å²) in [7, 11) is 0. The Balaban J connectivity index is 0. The first-order valence-corrected chi connectivity index (χ1v) is 8.62. The van der Waals surface area contributed by atoms with Crippen LogP contribution in [-0.2, 0) is 19.1 Å². The van der Waals surface area contributed by atoms with E-state index in [4.69, 9.17) is 32.2 Å². The fourth-order valence-electron chi connectivity index (χ4n) is 1.09. The molecule has 0 aliphatic rings. The number of aliphatic hydroxyl groups excluding tert-OH is 1. The van der Waals surface area contributed by atoms with E-state index < -0.39 is 36.0 Å². The monoisotopic (exact) mass is 403 g/mol. The van der Waals surface area contributed by atoms with Crippen molar-refractivity contribution in [3.05, 3.63) is 0 Å². The van der Waals surface area contributed by atoms with Crippen molar-refractivity contribution in [1.29, 1.82) is 0 Å². The summed E-state index contributed by atoms with van der Waals surface area (Å²) >= 11 is 11.7. The lowest BCUT2D eigenvalue weighted by Crippen LogP contribution is -2.40. The summed E-state index contributed by atoms with van der Waals surface area (Å²) in [5.41, 5.74) is 15.4. The summed E-state index contributed by atoms with van der Waals surface area (Å²) in [4.78, 5) is 31.7. The number of primary amides is 1. The Morgan fingerprint density at radius 1 is 1.08 bits per heavy atom. The summed E-state index contributed by atoms with van der Waals surface area (Å²) in [6.07, 6.45) is -0.635. The van der Waals surface area contributed by atoms with E-state index in [-0.39, 0.29) is 30.5 Å². The second-order valence-corrected chi connectivity index (χ2v) is 6.04. The first-order chi connectivity index (χ1) is 11.1. The number of carbonyl (C=O) groups excluding carboxylic acids is 2. The number of esters is 1. The highest BCUT2D eigenvalue weighted by Gasteiger charge is 2.24. The number of hydrogen-bond donors (Lipinski definition) is 8. The fraction of sp³-hybridized carbons (Fsp3) is 0.750. The van der Waals surface area contributed by atoms with Crippen molar-refractivity contribution < 1.29 is 29.3 Å². The number of ether oxygens (including phenoxy) is 1. The number of thiol groups is 3. The van der Waals surface area contributed by atoms with Crippen molar-refractivity contribution in [3.8, 4) is 0 Å². The molecule has 0 saturated carbocycles. The predicted molar refractivity (Wildman–Crippen MR) is 99.5 cm³/mol. The van der Waals surface area contributed by atoms with Gasteiger partial charge in [-0.15, -0.1) is 0 Å². The molecule has 1 amide bonds. The minimum absolute atomic E-state index is 0.0108. The van der Waals surface area contributed by atoms with Gasteiger partial charge < -0.3 is 32.2 Å². The summed E-state index contributed by atoms with van der Waals surface area (Å²) < 4.78 is 4.96. The lowest BCUT2D eigenvalue weighted by Gasteiger charge is -2.21. The average molecular weight is 404 g/mol. The zero-order valence-electron chi connectivity index (χ0n) is 12.9. The van der Waals surface area contributed by atoms with Crippen LogP contribution in [-0.4, -0.2) is 69.6 Å². The average Bonchev–Trinajstić information content (AvgIpc) is 2.55. The SMILES string of the molecule is NC(=O)CC[C@H](N)C(=O)O[C@H](CO)[C@H](S)CS.N[C@@H](CS)C(=O)O. The molecule has 142 valence electrons. The van der Waals surface area contributed by atoms with Gasteiger partial charge in [-0.1, -0.05) is 0 Å². The third kappa shape index (κ3) is 12.7. The molecule has 4 atom stereocenters. The van der Waals surface area contributed by atoms with Gasteiger partial charge in [0, 0.05) is 23.2 Å². The molecule has 0 aliphatic heterocycles. The number of nitrogens with two attached hydrogens (primary N) is 3. The number of aliphatic hydroxyl groups is 1. The van der Waals surface area contributed by atoms with Crippen LogP contribution in [0.2, 0.25) is 0 Å². The number of rotatable bonds is 10. The van der Waals surface area contributed by atoms with Crippen LogP contribution in [0.25, 0.3) is 0 Å². The zero-order chi connectivity index (χ0) is 19.3. The smallest absolute Gasteiger partial charge is 0.323 e. The molecule has 9 nitrogen and oxygen atoms in total. The van der Waals surface area contributed by atoms with Crippen molar-refractivity contribution in [2.75, 3.05) is 18.1 Å². The van der Waals surface area contributed by atoms with Crippen LogP contribution < -0.4 is 17.2 Å². The molecule has 8 N–H and O–H groups in total. The largest absolute Gasteiger partial charge is 0.480 e. The van der Waals surface area contributed by atoms with E-state index in [2.05, 4.69) is 37.9 Å². The number of carboxylic acids is 1. The Kier molecular flexibility index (Phi) is 15.6. The molecular formula is C12H25N3O6S3. The van der Waals surface area contributed by atoms with Crippen LogP contribution in [0.3, 0.4) is 0 Å².